The maximum atomic E-state index is 6.43. The first-order valence-corrected chi connectivity index (χ1v) is 13.5. The minimum absolute atomic E-state index is 0.520. The van der Waals surface area contributed by atoms with Crippen LogP contribution in [-0.4, -0.2) is 39.9 Å². The van der Waals surface area contributed by atoms with Gasteiger partial charge in [-0.05, 0) is 18.2 Å². The van der Waals surface area contributed by atoms with E-state index in [1.165, 1.54) is 0 Å². The average molecular weight is 549 g/mol. The van der Waals surface area contributed by atoms with Crippen molar-refractivity contribution in [2.75, 3.05) is 0 Å². The maximum absolute atomic E-state index is 6.43. The number of hydrogen-bond acceptors (Lipinski definition) is 6. The lowest BCUT2D eigenvalue weighted by Gasteiger charge is -1.98. The zero-order valence-electron chi connectivity index (χ0n) is 21.2. The zero-order valence-corrected chi connectivity index (χ0v) is 22.0. The molecule has 7 aromatic rings. The van der Waals surface area contributed by atoms with E-state index in [9.17, 15) is 0 Å². The summed E-state index contributed by atoms with van der Waals surface area (Å²) in [4.78, 5) is 36.7. The van der Waals surface area contributed by atoms with Crippen molar-refractivity contribution in [1.82, 2.24) is 39.9 Å². The minimum Gasteiger partial charge on any atom is -0.324 e. The Hall–Kier alpha value is -5.47. The average Bonchev–Trinajstić information content (AvgIpc) is 3.72. The smallest absolute Gasteiger partial charge is 0.164 e. The Labute approximate surface area is 236 Å². The van der Waals surface area contributed by atoms with Gasteiger partial charge in [0.05, 0.1) is 0 Å². The van der Waals surface area contributed by atoms with E-state index >= 15 is 0 Å². The molecular weight excluding hydrogens is 532 g/mol. The van der Waals surface area contributed by atoms with Crippen molar-refractivity contribution < 1.29 is 0 Å². The second-order valence-electron chi connectivity index (χ2n) is 9.94. The highest BCUT2D eigenvalue weighted by molar-refractivity contribution is 6.31. The summed E-state index contributed by atoms with van der Waals surface area (Å²) in [7, 11) is 0. The molecule has 2 N–H and O–H groups in total. The van der Waals surface area contributed by atoms with Crippen LogP contribution in [0.25, 0.3) is 89.7 Å². The highest BCUT2D eigenvalue weighted by Crippen LogP contribution is 2.37. The number of aromatic nitrogens is 8. The van der Waals surface area contributed by atoms with Crippen LogP contribution in [0.5, 0.6) is 0 Å². The van der Waals surface area contributed by atoms with E-state index in [0.29, 0.717) is 50.9 Å². The summed E-state index contributed by atoms with van der Waals surface area (Å²) in [5.41, 5.74) is 6.11. The molecule has 0 saturated heterocycles. The van der Waals surface area contributed by atoms with Gasteiger partial charge in [0.25, 0.3) is 0 Å². The highest BCUT2D eigenvalue weighted by Gasteiger charge is 2.22. The molecule has 5 heterocycles. The van der Waals surface area contributed by atoms with Crippen LogP contribution in [0.4, 0.5) is 0 Å². The predicted octanol–water partition coefficient (Wildman–Crippen LogP) is 7.52. The number of rotatable bonds is 0. The molecule has 0 aliphatic carbocycles. The molecule has 9 rings (SSSR count). The second kappa shape index (κ2) is 8.27. The quantitative estimate of drug-likeness (QED) is 0.203. The molecule has 192 valence electrons. The van der Waals surface area contributed by atoms with Crippen LogP contribution in [0, 0.1) is 0 Å². The zero-order chi connectivity index (χ0) is 27.1. The summed E-state index contributed by atoms with van der Waals surface area (Å²) in [6, 6.07) is 29.7. The third-order valence-electron chi connectivity index (χ3n) is 7.51. The Bertz CT molecular complexity index is 2400. The molecule has 3 aromatic heterocycles. The van der Waals surface area contributed by atoms with Gasteiger partial charge in [0.15, 0.2) is 23.3 Å². The fourth-order valence-electron chi connectivity index (χ4n) is 5.61. The standard InChI is InChI=1S/C32H17ClN8/c33-16-13-14-23-24(15-16)32-40-30-22-12-6-5-11-21(22)28(38-30)36-26-18-8-2-1-7-17(18)25(34-26)35-27-19-9-3-4-10-20(19)29(37-27)39-31(23)41-32/h1-15H,(H2,34,35,36,37,38,39,40,41). The van der Waals surface area contributed by atoms with Gasteiger partial charge >= 0.3 is 0 Å². The molecule has 0 unspecified atom stereocenters. The number of H-pyrrole nitrogens is 2. The molecule has 2 aliphatic heterocycles. The van der Waals surface area contributed by atoms with Crippen LogP contribution in [0.15, 0.2) is 91.0 Å². The summed E-state index contributed by atoms with van der Waals surface area (Å²) < 4.78 is 0. The second-order valence-corrected chi connectivity index (χ2v) is 10.4. The normalized spacial score (nSPS) is 12.0. The molecule has 0 fully saturated rings. The van der Waals surface area contributed by atoms with Gasteiger partial charge in [-0.2, -0.15) is 0 Å². The number of halogens is 1. The van der Waals surface area contributed by atoms with Crippen LogP contribution in [-0.2, 0) is 0 Å². The van der Waals surface area contributed by atoms with Gasteiger partial charge in [0.1, 0.15) is 22.6 Å². The largest absolute Gasteiger partial charge is 0.324 e. The molecule has 2 aliphatic rings. The SMILES string of the molecule is Clc1ccc2c(c1)-c1nc-2nc2[nH]c(nc3nc(nc4[nH]c(n1)c1ccccc41)-c1ccccc1-3)c1ccccc21. The lowest BCUT2D eigenvalue weighted by Crippen LogP contribution is -1.83. The highest BCUT2D eigenvalue weighted by atomic mass is 35.5. The molecule has 0 amide bonds. The summed E-state index contributed by atoms with van der Waals surface area (Å²) in [6.07, 6.45) is 0. The molecular formula is C32H17ClN8. The fourth-order valence-corrected chi connectivity index (χ4v) is 5.79. The molecule has 0 atom stereocenters. The first kappa shape index (κ1) is 22.4. The van der Waals surface area contributed by atoms with Crippen molar-refractivity contribution in [3.63, 3.8) is 0 Å². The van der Waals surface area contributed by atoms with Gasteiger partial charge in [0.2, 0.25) is 0 Å². The van der Waals surface area contributed by atoms with Gasteiger partial charge in [-0.1, -0.05) is 84.4 Å². The third kappa shape index (κ3) is 3.34. The Balaban J connectivity index is 1.51. The summed E-state index contributed by atoms with van der Waals surface area (Å²) in [6.45, 7) is 0. The van der Waals surface area contributed by atoms with Crippen LogP contribution in [0.2, 0.25) is 5.02 Å². The van der Waals surface area contributed by atoms with E-state index in [2.05, 4.69) is 9.97 Å². The lowest BCUT2D eigenvalue weighted by molar-refractivity contribution is 1.19. The van der Waals surface area contributed by atoms with E-state index in [0.717, 1.165) is 43.8 Å². The van der Waals surface area contributed by atoms with E-state index < -0.39 is 0 Å². The van der Waals surface area contributed by atoms with Crippen LogP contribution >= 0.6 is 11.6 Å². The summed E-state index contributed by atoms with van der Waals surface area (Å²) in [5.74, 6) is 2.23. The van der Waals surface area contributed by atoms with Gasteiger partial charge in [-0.15, -0.1) is 0 Å². The molecule has 8 bridgehead atoms. The van der Waals surface area contributed by atoms with E-state index in [4.69, 9.17) is 41.5 Å². The fraction of sp³-hybridized carbons (Fsp3) is 0. The van der Waals surface area contributed by atoms with Gasteiger partial charge in [-0.25, -0.2) is 29.9 Å². The topological polar surface area (TPSA) is 109 Å². The molecule has 8 nitrogen and oxygen atoms in total. The van der Waals surface area contributed by atoms with Crippen molar-refractivity contribution in [1.29, 1.82) is 0 Å². The number of nitrogens with one attached hydrogen (secondary N) is 2. The van der Waals surface area contributed by atoms with Crippen molar-refractivity contribution in [2.45, 2.75) is 0 Å². The number of hydrogen-bond donors (Lipinski definition) is 2. The van der Waals surface area contributed by atoms with Crippen molar-refractivity contribution in [3.8, 4) is 45.6 Å². The third-order valence-corrected chi connectivity index (χ3v) is 7.75. The van der Waals surface area contributed by atoms with E-state index in [1.807, 2.05) is 91.0 Å². The van der Waals surface area contributed by atoms with Crippen LogP contribution in [0.1, 0.15) is 0 Å². The summed E-state index contributed by atoms with van der Waals surface area (Å²) >= 11 is 6.43. The van der Waals surface area contributed by atoms with Gasteiger partial charge < -0.3 is 9.97 Å². The van der Waals surface area contributed by atoms with Crippen molar-refractivity contribution in [2.24, 2.45) is 0 Å². The molecule has 0 saturated carbocycles. The minimum atomic E-state index is 0.520. The number of nitrogens with zero attached hydrogens (tertiary/aromatic N) is 6. The van der Waals surface area contributed by atoms with E-state index in [-0.39, 0.29) is 0 Å². The Kier molecular flexibility index (Phi) is 4.51. The number of fused-ring (bicyclic) bond motifs is 20. The molecule has 41 heavy (non-hydrogen) atoms. The van der Waals surface area contributed by atoms with Crippen LogP contribution in [0.3, 0.4) is 0 Å². The molecule has 9 heteroatoms. The first-order chi connectivity index (χ1) is 20.2. The number of aromatic amines is 2. The van der Waals surface area contributed by atoms with Gasteiger partial charge in [0, 0.05) is 48.8 Å². The number of benzene rings is 4. The molecule has 0 radical (unpaired) electrons. The van der Waals surface area contributed by atoms with Crippen molar-refractivity contribution in [3.05, 3.63) is 96.0 Å². The Morgan fingerprint density at radius 2 is 0.756 bits per heavy atom. The van der Waals surface area contributed by atoms with E-state index in [1.54, 1.807) is 0 Å². The first-order valence-electron chi connectivity index (χ1n) is 13.1. The Morgan fingerprint density at radius 1 is 0.390 bits per heavy atom. The maximum Gasteiger partial charge on any atom is 0.164 e. The lowest BCUT2D eigenvalue weighted by atomic mass is 10.1. The predicted molar refractivity (Wildman–Crippen MR) is 161 cm³/mol. The van der Waals surface area contributed by atoms with Gasteiger partial charge in [-0.3, -0.25) is 0 Å². The van der Waals surface area contributed by atoms with Crippen LogP contribution < -0.4 is 0 Å². The monoisotopic (exact) mass is 548 g/mol. The molecule has 4 aromatic carbocycles. The summed E-state index contributed by atoms with van der Waals surface area (Å²) in [5, 5.41) is 4.32. The molecule has 0 spiro atoms. The van der Waals surface area contributed by atoms with Crippen molar-refractivity contribution >= 4 is 55.7 Å². The Morgan fingerprint density at radius 3 is 1.20 bits per heavy atom.